The summed E-state index contributed by atoms with van der Waals surface area (Å²) in [5.74, 6) is 0. The second-order valence-corrected chi connectivity index (χ2v) is 6.42. The Morgan fingerprint density at radius 2 is 1.55 bits per heavy atom. The van der Waals surface area contributed by atoms with Crippen molar-refractivity contribution in [2.75, 3.05) is 0 Å². The standard InChI is InChI=1S/C20H18N2/c1-13-19(22-11-10-21-13)14-8-9-16-15-6-4-5-7-17(15)20(2,3)18(16)12-14/h4-12H,1-3H3. The molecule has 2 nitrogen and oxygen atoms in total. The van der Waals surface area contributed by atoms with Crippen LogP contribution < -0.4 is 0 Å². The third kappa shape index (κ3) is 1.73. The Bertz CT molecular complexity index is 878. The van der Waals surface area contributed by atoms with Crippen molar-refractivity contribution in [3.8, 4) is 22.4 Å². The highest BCUT2D eigenvalue weighted by atomic mass is 14.8. The summed E-state index contributed by atoms with van der Waals surface area (Å²) >= 11 is 0. The number of nitrogens with zero attached hydrogens (tertiary/aromatic N) is 2. The molecule has 0 saturated heterocycles. The number of benzene rings is 2. The number of rotatable bonds is 1. The Hall–Kier alpha value is -2.48. The van der Waals surface area contributed by atoms with Gasteiger partial charge >= 0.3 is 0 Å². The van der Waals surface area contributed by atoms with Crippen molar-refractivity contribution >= 4 is 0 Å². The topological polar surface area (TPSA) is 25.8 Å². The predicted octanol–water partition coefficient (Wildman–Crippen LogP) is 4.76. The van der Waals surface area contributed by atoms with Crippen LogP contribution in [0, 0.1) is 6.92 Å². The molecule has 0 unspecified atom stereocenters. The molecule has 0 bridgehead atoms. The van der Waals surface area contributed by atoms with Crippen LogP contribution in [-0.2, 0) is 5.41 Å². The largest absolute Gasteiger partial charge is 0.258 e. The SMILES string of the molecule is Cc1nccnc1-c1ccc2c(c1)C(C)(C)c1ccccc1-2. The van der Waals surface area contributed by atoms with Crippen molar-refractivity contribution in [2.24, 2.45) is 0 Å². The highest BCUT2D eigenvalue weighted by Gasteiger charge is 2.35. The van der Waals surface area contributed by atoms with Crippen molar-refractivity contribution in [2.45, 2.75) is 26.2 Å². The molecule has 0 atom stereocenters. The molecule has 1 aliphatic carbocycles. The maximum absolute atomic E-state index is 4.51. The highest BCUT2D eigenvalue weighted by molar-refractivity contribution is 5.83. The minimum absolute atomic E-state index is 0.0258. The lowest BCUT2D eigenvalue weighted by Crippen LogP contribution is -2.15. The van der Waals surface area contributed by atoms with E-state index in [4.69, 9.17) is 0 Å². The summed E-state index contributed by atoms with van der Waals surface area (Å²) in [7, 11) is 0. The van der Waals surface area contributed by atoms with E-state index in [1.165, 1.54) is 22.3 Å². The van der Waals surface area contributed by atoms with Gasteiger partial charge in [-0.2, -0.15) is 0 Å². The molecule has 1 aliphatic rings. The van der Waals surface area contributed by atoms with Crippen LogP contribution >= 0.6 is 0 Å². The zero-order valence-electron chi connectivity index (χ0n) is 13.1. The van der Waals surface area contributed by atoms with Crippen LogP contribution in [0.25, 0.3) is 22.4 Å². The Labute approximate surface area is 130 Å². The van der Waals surface area contributed by atoms with Gasteiger partial charge in [0.2, 0.25) is 0 Å². The van der Waals surface area contributed by atoms with Gasteiger partial charge in [0.05, 0.1) is 11.4 Å². The molecule has 0 spiro atoms. The van der Waals surface area contributed by atoms with Crippen LogP contribution in [0.2, 0.25) is 0 Å². The lowest BCUT2D eigenvalue weighted by Gasteiger charge is -2.22. The molecule has 0 amide bonds. The van der Waals surface area contributed by atoms with E-state index in [1.807, 2.05) is 6.92 Å². The van der Waals surface area contributed by atoms with E-state index < -0.39 is 0 Å². The zero-order valence-corrected chi connectivity index (χ0v) is 13.1. The fraction of sp³-hybridized carbons (Fsp3) is 0.200. The Morgan fingerprint density at radius 1 is 0.818 bits per heavy atom. The van der Waals surface area contributed by atoms with Crippen molar-refractivity contribution in [3.63, 3.8) is 0 Å². The first-order chi connectivity index (χ1) is 10.6. The van der Waals surface area contributed by atoms with Gasteiger partial charge in [-0.1, -0.05) is 50.2 Å². The fourth-order valence-electron chi connectivity index (χ4n) is 3.54. The van der Waals surface area contributed by atoms with Gasteiger partial charge in [-0.05, 0) is 35.2 Å². The third-order valence-corrected chi connectivity index (χ3v) is 4.74. The zero-order chi connectivity index (χ0) is 15.3. The van der Waals surface area contributed by atoms with Gasteiger partial charge in [-0.15, -0.1) is 0 Å². The second kappa shape index (κ2) is 4.51. The first kappa shape index (κ1) is 13.2. The molecule has 0 aliphatic heterocycles. The molecule has 1 heterocycles. The van der Waals surface area contributed by atoms with Crippen molar-refractivity contribution in [3.05, 3.63) is 71.7 Å². The van der Waals surface area contributed by atoms with E-state index >= 15 is 0 Å². The molecule has 1 aromatic heterocycles. The Balaban J connectivity index is 1.95. The van der Waals surface area contributed by atoms with Crippen LogP contribution in [0.5, 0.6) is 0 Å². The summed E-state index contributed by atoms with van der Waals surface area (Å²) in [5, 5.41) is 0. The summed E-state index contributed by atoms with van der Waals surface area (Å²) in [6, 6.07) is 15.4. The van der Waals surface area contributed by atoms with Crippen LogP contribution in [0.15, 0.2) is 54.9 Å². The van der Waals surface area contributed by atoms with E-state index in [1.54, 1.807) is 12.4 Å². The first-order valence-electron chi connectivity index (χ1n) is 7.61. The summed E-state index contributed by atoms with van der Waals surface area (Å²) < 4.78 is 0. The van der Waals surface area contributed by atoms with E-state index in [-0.39, 0.29) is 5.41 Å². The van der Waals surface area contributed by atoms with E-state index in [2.05, 4.69) is 66.3 Å². The number of fused-ring (bicyclic) bond motifs is 3. The van der Waals surface area contributed by atoms with Gasteiger partial charge in [0, 0.05) is 23.4 Å². The van der Waals surface area contributed by atoms with Crippen LogP contribution in [0.3, 0.4) is 0 Å². The van der Waals surface area contributed by atoms with Gasteiger partial charge < -0.3 is 0 Å². The molecule has 4 rings (SSSR count). The molecular weight excluding hydrogens is 268 g/mol. The van der Waals surface area contributed by atoms with E-state index in [9.17, 15) is 0 Å². The average Bonchev–Trinajstić information content (AvgIpc) is 2.76. The molecule has 22 heavy (non-hydrogen) atoms. The van der Waals surface area contributed by atoms with Gasteiger partial charge in [-0.3, -0.25) is 9.97 Å². The van der Waals surface area contributed by atoms with Crippen molar-refractivity contribution in [1.82, 2.24) is 9.97 Å². The molecule has 3 aromatic rings. The third-order valence-electron chi connectivity index (χ3n) is 4.74. The number of aromatic nitrogens is 2. The average molecular weight is 286 g/mol. The Morgan fingerprint density at radius 3 is 2.36 bits per heavy atom. The van der Waals surface area contributed by atoms with Gasteiger partial charge in [0.25, 0.3) is 0 Å². The van der Waals surface area contributed by atoms with Crippen molar-refractivity contribution in [1.29, 1.82) is 0 Å². The number of hydrogen-bond donors (Lipinski definition) is 0. The van der Waals surface area contributed by atoms with Crippen LogP contribution in [-0.4, -0.2) is 9.97 Å². The maximum atomic E-state index is 4.51. The molecule has 108 valence electrons. The van der Waals surface area contributed by atoms with Gasteiger partial charge in [0.15, 0.2) is 0 Å². The van der Waals surface area contributed by atoms with Crippen LogP contribution in [0.1, 0.15) is 30.7 Å². The van der Waals surface area contributed by atoms with E-state index in [0.29, 0.717) is 0 Å². The van der Waals surface area contributed by atoms with E-state index in [0.717, 1.165) is 17.0 Å². The fourth-order valence-corrected chi connectivity index (χ4v) is 3.54. The minimum atomic E-state index is 0.0258. The quantitative estimate of drug-likeness (QED) is 0.644. The van der Waals surface area contributed by atoms with Gasteiger partial charge in [-0.25, -0.2) is 0 Å². The van der Waals surface area contributed by atoms with Crippen molar-refractivity contribution < 1.29 is 0 Å². The minimum Gasteiger partial charge on any atom is -0.258 e. The molecule has 0 saturated carbocycles. The molecule has 0 N–H and O–H groups in total. The molecule has 2 heteroatoms. The van der Waals surface area contributed by atoms with Gasteiger partial charge in [0.1, 0.15) is 0 Å². The normalized spacial score (nSPS) is 14.5. The maximum Gasteiger partial charge on any atom is 0.0914 e. The first-order valence-corrected chi connectivity index (χ1v) is 7.61. The smallest absolute Gasteiger partial charge is 0.0914 e. The monoisotopic (exact) mass is 286 g/mol. The summed E-state index contributed by atoms with van der Waals surface area (Å²) in [6.45, 7) is 6.60. The number of aryl methyl sites for hydroxylation is 1. The molecular formula is C20H18N2. The highest BCUT2D eigenvalue weighted by Crippen LogP contribution is 2.49. The number of hydrogen-bond acceptors (Lipinski definition) is 2. The second-order valence-electron chi connectivity index (χ2n) is 6.42. The molecule has 0 fully saturated rings. The predicted molar refractivity (Wildman–Crippen MR) is 89.8 cm³/mol. The summed E-state index contributed by atoms with van der Waals surface area (Å²) in [5.41, 5.74) is 8.57. The lowest BCUT2D eigenvalue weighted by molar-refractivity contribution is 0.660. The summed E-state index contributed by atoms with van der Waals surface area (Å²) in [4.78, 5) is 8.87. The van der Waals surface area contributed by atoms with Crippen LogP contribution in [0.4, 0.5) is 0 Å². The summed E-state index contributed by atoms with van der Waals surface area (Å²) in [6.07, 6.45) is 3.50. The Kier molecular flexibility index (Phi) is 2.70. The lowest BCUT2D eigenvalue weighted by atomic mass is 9.82. The molecule has 0 radical (unpaired) electrons. The molecule has 2 aromatic carbocycles.